The number of ketones is 1. The fraction of sp³-hybridized carbons (Fsp3) is 0.231. The molecule has 0 atom stereocenters. The summed E-state index contributed by atoms with van der Waals surface area (Å²) < 4.78 is 20.6. The summed E-state index contributed by atoms with van der Waals surface area (Å²) >= 11 is 0. The number of benzene rings is 1. The van der Waals surface area contributed by atoms with Gasteiger partial charge in [-0.15, -0.1) is 0 Å². The molecule has 1 aromatic carbocycles. The molecule has 0 aliphatic heterocycles. The maximum atomic E-state index is 13.5. The van der Waals surface area contributed by atoms with Gasteiger partial charge in [0.25, 0.3) is 0 Å². The molecule has 0 aliphatic rings. The van der Waals surface area contributed by atoms with Gasteiger partial charge in [-0.1, -0.05) is 0 Å². The van der Waals surface area contributed by atoms with Crippen molar-refractivity contribution < 1.29 is 13.9 Å². The van der Waals surface area contributed by atoms with Crippen LogP contribution in [-0.4, -0.2) is 22.2 Å². The van der Waals surface area contributed by atoms with E-state index < -0.39 is 5.82 Å². The first-order chi connectivity index (χ1) is 8.66. The Morgan fingerprint density at radius 2 is 2.33 bits per heavy atom. The van der Waals surface area contributed by atoms with Crippen LogP contribution in [-0.2, 0) is 6.54 Å². The molecule has 94 valence electrons. The maximum absolute atomic E-state index is 13.5. The van der Waals surface area contributed by atoms with Crippen molar-refractivity contribution >= 4 is 5.78 Å². The van der Waals surface area contributed by atoms with Crippen molar-refractivity contribution in [3.05, 3.63) is 48.0 Å². The van der Waals surface area contributed by atoms with Crippen LogP contribution in [0.15, 0.2) is 36.7 Å². The number of Topliss-reactive ketones (excluding diaryl/α,β-unsaturated/α-hetero) is 1. The Hall–Kier alpha value is -2.17. The SMILES string of the molecule is CC(=O)c1ccc(OCCn2cccn2)cc1F. The van der Waals surface area contributed by atoms with E-state index in [0.29, 0.717) is 18.9 Å². The van der Waals surface area contributed by atoms with E-state index in [0.717, 1.165) is 0 Å². The lowest BCUT2D eigenvalue weighted by Gasteiger charge is -2.07. The molecule has 1 heterocycles. The first-order valence-corrected chi connectivity index (χ1v) is 5.57. The molecular weight excluding hydrogens is 235 g/mol. The summed E-state index contributed by atoms with van der Waals surface area (Å²) in [6.45, 7) is 2.31. The van der Waals surface area contributed by atoms with Crippen LogP contribution in [0.2, 0.25) is 0 Å². The van der Waals surface area contributed by atoms with E-state index in [1.807, 2.05) is 12.3 Å². The van der Waals surface area contributed by atoms with Gasteiger partial charge in [0.15, 0.2) is 5.78 Å². The molecule has 0 bridgehead atoms. The van der Waals surface area contributed by atoms with E-state index >= 15 is 0 Å². The largest absolute Gasteiger partial charge is 0.492 e. The molecule has 5 heteroatoms. The second-order valence-electron chi connectivity index (χ2n) is 3.82. The fourth-order valence-electron chi connectivity index (χ4n) is 1.56. The molecule has 4 nitrogen and oxygen atoms in total. The Morgan fingerprint density at radius 1 is 1.50 bits per heavy atom. The molecule has 0 amide bonds. The summed E-state index contributed by atoms with van der Waals surface area (Å²) in [5, 5.41) is 4.02. The van der Waals surface area contributed by atoms with Crippen molar-refractivity contribution in [2.45, 2.75) is 13.5 Å². The van der Waals surface area contributed by atoms with E-state index in [2.05, 4.69) is 5.10 Å². The van der Waals surface area contributed by atoms with Gasteiger partial charge in [0.1, 0.15) is 18.2 Å². The van der Waals surface area contributed by atoms with Gasteiger partial charge < -0.3 is 4.74 Å². The van der Waals surface area contributed by atoms with Crippen LogP contribution >= 0.6 is 0 Å². The first kappa shape index (κ1) is 12.3. The summed E-state index contributed by atoms with van der Waals surface area (Å²) in [5.74, 6) is -0.445. The minimum atomic E-state index is -0.556. The minimum Gasteiger partial charge on any atom is -0.492 e. The third-order valence-corrected chi connectivity index (χ3v) is 2.47. The molecule has 0 aliphatic carbocycles. The molecule has 0 saturated heterocycles. The Balaban J connectivity index is 1.94. The lowest BCUT2D eigenvalue weighted by Crippen LogP contribution is -2.08. The Bertz CT molecular complexity index is 538. The summed E-state index contributed by atoms with van der Waals surface area (Å²) in [6, 6.07) is 6.06. The fourth-order valence-corrected chi connectivity index (χ4v) is 1.56. The smallest absolute Gasteiger partial charge is 0.162 e. The van der Waals surface area contributed by atoms with Crippen LogP contribution in [0.5, 0.6) is 5.75 Å². The van der Waals surface area contributed by atoms with Gasteiger partial charge >= 0.3 is 0 Å². The van der Waals surface area contributed by atoms with E-state index in [1.54, 1.807) is 16.9 Å². The average molecular weight is 248 g/mol. The first-order valence-electron chi connectivity index (χ1n) is 5.57. The molecule has 0 N–H and O–H groups in total. The van der Waals surface area contributed by atoms with Crippen LogP contribution in [0.1, 0.15) is 17.3 Å². The van der Waals surface area contributed by atoms with Crippen LogP contribution < -0.4 is 4.74 Å². The summed E-state index contributed by atoms with van der Waals surface area (Å²) in [4.78, 5) is 11.1. The molecule has 0 radical (unpaired) electrons. The highest BCUT2D eigenvalue weighted by molar-refractivity contribution is 5.94. The third-order valence-electron chi connectivity index (χ3n) is 2.47. The highest BCUT2D eigenvalue weighted by Gasteiger charge is 2.08. The van der Waals surface area contributed by atoms with Gasteiger partial charge in [0, 0.05) is 18.5 Å². The molecule has 18 heavy (non-hydrogen) atoms. The van der Waals surface area contributed by atoms with Crippen molar-refractivity contribution in [1.82, 2.24) is 9.78 Å². The van der Waals surface area contributed by atoms with Gasteiger partial charge in [0.05, 0.1) is 12.1 Å². The molecular formula is C13H13FN2O2. The average Bonchev–Trinajstić information content (AvgIpc) is 2.81. The van der Waals surface area contributed by atoms with Crippen LogP contribution in [0.25, 0.3) is 0 Å². The zero-order valence-corrected chi connectivity index (χ0v) is 9.97. The zero-order valence-electron chi connectivity index (χ0n) is 9.97. The molecule has 2 aromatic rings. The third kappa shape index (κ3) is 2.94. The predicted octanol–water partition coefficient (Wildman–Crippen LogP) is 2.30. The van der Waals surface area contributed by atoms with Crippen molar-refractivity contribution in [1.29, 1.82) is 0 Å². The molecule has 0 unspecified atom stereocenters. The Morgan fingerprint density at radius 3 is 2.94 bits per heavy atom. The lowest BCUT2D eigenvalue weighted by atomic mass is 10.1. The van der Waals surface area contributed by atoms with Crippen molar-refractivity contribution in [3.63, 3.8) is 0 Å². The predicted molar refractivity (Wildman–Crippen MR) is 64.1 cm³/mol. The highest BCUT2D eigenvalue weighted by Crippen LogP contribution is 2.17. The molecule has 2 rings (SSSR count). The van der Waals surface area contributed by atoms with E-state index in [1.165, 1.54) is 19.1 Å². The van der Waals surface area contributed by atoms with Crippen LogP contribution in [0, 0.1) is 5.82 Å². The number of nitrogens with zero attached hydrogens (tertiary/aromatic N) is 2. The summed E-state index contributed by atoms with van der Waals surface area (Å²) in [7, 11) is 0. The Kier molecular flexibility index (Phi) is 3.72. The number of halogens is 1. The number of hydrogen-bond donors (Lipinski definition) is 0. The topological polar surface area (TPSA) is 44.1 Å². The summed E-state index contributed by atoms with van der Waals surface area (Å²) in [5.41, 5.74) is 0.0782. The van der Waals surface area contributed by atoms with Crippen molar-refractivity contribution in [2.24, 2.45) is 0 Å². The number of ether oxygens (including phenoxy) is 1. The van der Waals surface area contributed by atoms with Gasteiger partial charge in [-0.05, 0) is 25.1 Å². The number of rotatable bonds is 5. The molecule has 0 fully saturated rings. The van der Waals surface area contributed by atoms with E-state index in [4.69, 9.17) is 4.74 Å². The Labute approximate surface area is 104 Å². The monoisotopic (exact) mass is 248 g/mol. The van der Waals surface area contributed by atoms with E-state index in [9.17, 15) is 9.18 Å². The zero-order chi connectivity index (χ0) is 13.0. The highest BCUT2D eigenvalue weighted by atomic mass is 19.1. The van der Waals surface area contributed by atoms with Gasteiger partial charge in [-0.2, -0.15) is 5.10 Å². The van der Waals surface area contributed by atoms with Gasteiger partial charge in [0.2, 0.25) is 0 Å². The number of aromatic nitrogens is 2. The number of hydrogen-bond acceptors (Lipinski definition) is 3. The number of carbonyl (C=O) groups excluding carboxylic acids is 1. The van der Waals surface area contributed by atoms with Gasteiger partial charge in [-0.25, -0.2) is 4.39 Å². The second kappa shape index (κ2) is 5.44. The maximum Gasteiger partial charge on any atom is 0.162 e. The normalized spacial score (nSPS) is 10.3. The molecule has 0 spiro atoms. The van der Waals surface area contributed by atoms with Crippen molar-refractivity contribution in [3.8, 4) is 5.75 Å². The minimum absolute atomic E-state index is 0.0782. The van der Waals surface area contributed by atoms with Crippen LogP contribution in [0.4, 0.5) is 4.39 Å². The lowest BCUT2D eigenvalue weighted by molar-refractivity contribution is 0.101. The molecule has 0 saturated carbocycles. The van der Waals surface area contributed by atoms with E-state index in [-0.39, 0.29) is 11.3 Å². The quantitative estimate of drug-likeness (QED) is 0.763. The van der Waals surface area contributed by atoms with Crippen LogP contribution in [0.3, 0.4) is 0 Å². The van der Waals surface area contributed by atoms with Crippen molar-refractivity contribution in [2.75, 3.05) is 6.61 Å². The summed E-state index contributed by atoms with van der Waals surface area (Å²) in [6.07, 6.45) is 3.50. The second-order valence-corrected chi connectivity index (χ2v) is 3.82. The number of carbonyl (C=O) groups is 1. The molecule has 1 aromatic heterocycles. The van der Waals surface area contributed by atoms with Gasteiger partial charge in [-0.3, -0.25) is 9.48 Å². The standard InChI is InChI=1S/C13H13FN2O2/c1-10(17)12-4-3-11(9-13(12)14)18-8-7-16-6-2-5-15-16/h2-6,9H,7-8H2,1H3.